The Morgan fingerprint density at radius 3 is 2.36 bits per heavy atom. The number of alkyl halides is 3. The molecule has 0 aliphatic heterocycles. The van der Waals surface area contributed by atoms with E-state index in [4.69, 9.17) is 47.0 Å². The lowest BCUT2D eigenvalue weighted by Gasteiger charge is -2.27. The van der Waals surface area contributed by atoms with Crippen molar-refractivity contribution in [2.24, 2.45) is 0 Å². The number of benzene rings is 1. The van der Waals surface area contributed by atoms with Gasteiger partial charge in [-0.2, -0.15) is 0 Å². The van der Waals surface area contributed by atoms with Gasteiger partial charge in [0.1, 0.15) is 6.17 Å². The van der Waals surface area contributed by atoms with Gasteiger partial charge in [0.2, 0.25) is 9.70 Å². The van der Waals surface area contributed by atoms with Gasteiger partial charge in [0.15, 0.2) is 5.11 Å². The van der Waals surface area contributed by atoms with Gasteiger partial charge in [0, 0.05) is 16.6 Å². The van der Waals surface area contributed by atoms with Crippen LogP contribution in [0.4, 0.5) is 5.69 Å². The third-order valence-corrected chi connectivity index (χ3v) is 3.89. The summed E-state index contributed by atoms with van der Waals surface area (Å²) in [6.07, 6.45) is 0.0956. The lowest BCUT2D eigenvalue weighted by atomic mass is 10.3. The fourth-order valence-corrected chi connectivity index (χ4v) is 2.32. The molecule has 0 spiro atoms. The molecule has 0 saturated heterocycles. The van der Waals surface area contributed by atoms with E-state index in [2.05, 4.69) is 31.9 Å². The smallest absolute Gasteiger partial charge is 0.228 e. The second kappa shape index (κ2) is 9.13. The minimum Gasteiger partial charge on any atom is -0.339 e. The molecular formula is C13H15BrCl3N3OS. The number of nitrogens with one attached hydrogen (secondary N) is 3. The van der Waals surface area contributed by atoms with E-state index in [9.17, 15) is 4.79 Å². The van der Waals surface area contributed by atoms with Crippen molar-refractivity contribution in [3.8, 4) is 0 Å². The fourth-order valence-electron chi connectivity index (χ4n) is 1.49. The topological polar surface area (TPSA) is 53.2 Å². The third kappa shape index (κ3) is 7.33. The summed E-state index contributed by atoms with van der Waals surface area (Å²) < 4.78 is -0.794. The summed E-state index contributed by atoms with van der Waals surface area (Å²) in [6, 6.07) is 7.39. The number of thiocarbonyl (C=S) groups is 1. The highest BCUT2D eigenvalue weighted by atomic mass is 79.9. The molecule has 0 saturated carbocycles. The van der Waals surface area contributed by atoms with Crippen molar-refractivity contribution >= 4 is 79.7 Å². The summed E-state index contributed by atoms with van der Waals surface area (Å²) >= 11 is 26.1. The van der Waals surface area contributed by atoms with Gasteiger partial charge in [0.05, 0.1) is 0 Å². The summed E-state index contributed by atoms with van der Waals surface area (Å²) in [5.41, 5.74) is 0.767. The first-order chi connectivity index (χ1) is 10.2. The number of halogens is 4. The maximum absolute atomic E-state index is 11.7. The number of carbonyl (C=O) groups is 1. The van der Waals surface area contributed by atoms with Crippen LogP contribution < -0.4 is 16.0 Å². The normalized spacial score (nSPS) is 12.4. The van der Waals surface area contributed by atoms with Crippen molar-refractivity contribution in [2.75, 3.05) is 5.32 Å². The first kappa shape index (κ1) is 19.8. The molecule has 4 nitrogen and oxygen atoms in total. The van der Waals surface area contributed by atoms with E-state index in [1.807, 2.05) is 31.2 Å². The first-order valence-electron chi connectivity index (χ1n) is 6.41. The van der Waals surface area contributed by atoms with Gasteiger partial charge in [-0.15, -0.1) is 0 Å². The zero-order chi connectivity index (χ0) is 16.8. The highest BCUT2D eigenvalue weighted by Gasteiger charge is 2.34. The average Bonchev–Trinajstić information content (AvgIpc) is 2.40. The van der Waals surface area contributed by atoms with Crippen molar-refractivity contribution in [3.63, 3.8) is 0 Å². The van der Waals surface area contributed by atoms with Crippen LogP contribution in [0.1, 0.15) is 19.8 Å². The summed E-state index contributed by atoms with van der Waals surface area (Å²) in [6.45, 7) is 1.89. The first-order valence-corrected chi connectivity index (χ1v) is 8.75. The molecule has 0 radical (unpaired) electrons. The van der Waals surface area contributed by atoms with E-state index in [0.717, 1.165) is 10.2 Å². The second-order valence-corrected chi connectivity index (χ2v) is 8.09. The number of carbonyl (C=O) groups excluding carboxylic acids is 1. The Bertz CT molecular complexity index is 522. The van der Waals surface area contributed by atoms with E-state index in [1.165, 1.54) is 0 Å². The van der Waals surface area contributed by atoms with Crippen molar-refractivity contribution in [1.29, 1.82) is 0 Å². The molecule has 122 valence electrons. The number of amides is 1. The molecule has 1 atom stereocenters. The Balaban J connectivity index is 2.66. The summed E-state index contributed by atoms with van der Waals surface area (Å²) in [7, 11) is 0. The van der Waals surface area contributed by atoms with Crippen LogP contribution in [-0.2, 0) is 4.79 Å². The minimum atomic E-state index is -1.74. The number of hydrogen-bond donors (Lipinski definition) is 3. The van der Waals surface area contributed by atoms with E-state index in [1.54, 1.807) is 0 Å². The molecule has 0 aromatic heterocycles. The Morgan fingerprint density at radius 1 is 1.27 bits per heavy atom. The molecule has 0 aliphatic carbocycles. The molecule has 1 rings (SSSR count). The minimum absolute atomic E-state index is 0.224. The molecule has 1 amide bonds. The quantitative estimate of drug-likeness (QED) is 0.357. The number of rotatable bonds is 5. The lowest BCUT2D eigenvalue weighted by Crippen LogP contribution is -2.56. The van der Waals surface area contributed by atoms with Gasteiger partial charge in [0.25, 0.3) is 0 Å². The highest BCUT2D eigenvalue weighted by molar-refractivity contribution is 9.10. The van der Waals surface area contributed by atoms with Crippen molar-refractivity contribution < 1.29 is 4.79 Å². The molecule has 0 fully saturated rings. The van der Waals surface area contributed by atoms with Gasteiger partial charge in [-0.25, -0.2) is 0 Å². The molecule has 3 N–H and O–H groups in total. The molecule has 9 heteroatoms. The molecule has 22 heavy (non-hydrogen) atoms. The zero-order valence-corrected chi connectivity index (χ0v) is 16.3. The SMILES string of the molecule is CCCC(=O)N[C@H](NC(=S)Nc1ccc(Br)cc1)C(Cl)(Cl)Cl. The average molecular weight is 448 g/mol. The molecule has 1 aromatic carbocycles. The number of anilines is 1. The van der Waals surface area contributed by atoms with Crippen molar-refractivity contribution in [3.05, 3.63) is 28.7 Å². The van der Waals surface area contributed by atoms with Crippen LogP contribution in [0.25, 0.3) is 0 Å². The van der Waals surface area contributed by atoms with Crippen LogP contribution in [-0.4, -0.2) is 21.0 Å². The van der Waals surface area contributed by atoms with E-state index in [-0.39, 0.29) is 11.0 Å². The van der Waals surface area contributed by atoms with Crippen molar-refractivity contribution in [1.82, 2.24) is 10.6 Å². The van der Waals surface area contributed by atoms with Crippen LogP contribution in [0.3, 0.4) is 0 Å². The standard InChI is InChI=1S/C13H15BrCl3N3OS/c1-2-3-10(21)19-11(13(15,16)17)20-12(22)18-9-6-4-8(14)5-7-9/h4-7,11H,2-3H2,1H3,(H,19,21)(H2,18,20,22)/t11-/m1/s1. The third-order valence-electron chi connectivity index (χ3n) is 2.49. The molecule has 0 bridgehead atoms. The number of hydrogen-bond acceptors (Lipinski definition) is 2. The van der Waals surface area contributed by atoms with Gasteiger partial charge >= 0.3 is 0 Å². The van der Waals surface area contributed by atoms with Crippen LogP contribution in [0.15, 0.2) is 28.7 Å². The van der Waals surface area contributed by atoms with Crippen LogP contribution in [0.5, 0.6) is 0 Å². The Labute approximate surface area is 158 Å². The van der Waals surface area contributed by atoms with E-state index < -0.39 is 9.96 Å². The predicted molar refractivity (Wildman–Crippen MR) is 101 cm³/mol. The maximum atomic E-state index is 11.7. The van der Waals surface area contributed by atoms with Crippen LogP contribution in [0.2, 0.25) is 0 Å². The zero-order valence-electron chi connectivity index (χ0n) is 11.6. The van der Waals surface area contributed by atoms with Gasteiger partial charge in [-0.3, -0.25) is 4.79 Å². The van der Waals surface area contributed by atoms with E-state index >= 15 is 0 Å². The Morgan fingerprint density at radius 2 is 1.86 bits per heavy atom. The van der Waals surface area contributed by atoms with Gasteiger partial charge in [-0.1, -0.05) is 57.7 Å². The fraction of sp³-hybridized carbons (Fsp3) is 0.385. The van der Waals surface area contributed by atoms with Gasteiger partial charge < -0.3 is 16.0 Å². The van der Waals surface area contributed by atoms with Crippen LogP contribution in [0, 0.1) is 0 Å². The lowest BCUT2D eigenvalue weighted by molar-refractivity contribution is -0.121. The Hall–Kier alpha value is -0.270. The second-order valence-electron chi connectivity index (χ2n) is 4.40. The molecule has 0 heterocycles. The maximum Gasteiger partial charge on any atom is 0.228 e. The largest absolute Gasteiger partial charge is 0.339 e. The molecule has 1 aromatic rings. The summed E-state index contributed by atoms with van der Waals surface area (Å²) in [5.74, 6) is -0.224. The van der Waals surface area contributed by atoms with E-state index in [0.29, 0.717) is 12.8 Å². The highest BCUT2D eigenvalue weighted by Crippen LogP contribution is 2.29. The molecule has 0 unspecified atom stereocenters. The monoisotopic (exact) mass is 445 g/mol. The predicted octanol–water partition coefficient (Wildman–Crippen LogP) is 4.35. The summed E-state index contributed by atoms with van der Waals surface area (Å²) in [5, 5.41) is 8.57. The van der Waals surface area contributed by atoms with Gasteiger partial charge in [-0.05, 0) is 42.9 Å². The molecule has 0 aliphatic rings. The Kier molecular flexibility index (Phi) is 8.21. The molecular weight excluding hydrogens is 432 g/mol. The summed E-state index contributed by atoms with van der Waals surface area (Å²) in [4.78, 5) is 11.7. The van der Waals surface area contributed by atoms with Crippen molar-refractivity contribution in [2.45, 2.75) is 29.7 Å². The van der Waals surface area contributed by atoms with Crippen LogP contribution >= 0.6 is 63.0 Å².